The fourth-order valence-electron chi connectivity index (χ4n) is 3.52. The zero-order valence-electron chi connectivity index (χ0n) is 16.4. The minimum Gasteiger partial charge on any atom is -0.396 e. The highest BCUT2D eigenvalue weighted by molar-refractivity contribution is 6.05. The van der Waals surface area contributed by atoms with Crippen molar-refractivity contribution < 1.29 is 18.0 Å². The summed E-state index contributed by atoms with van der Waals surface area (Å²) in [5.74, 6) is -3.58. The van der Waals surface area contributed by atoms with Gasteiger partial charge in [-0.2, -0.15) is 0 Å². The molecule has 0 spiro atoms. The molecule has 1 aliphatic carbocycles. The molecule has 1 aliphatic rings. The van der Waals surface area contributed by atoms with Gasteiger partial charge in [0.1, 0.15) is 5.82 Å². The Bertz CT molecular complexity index is 1210. The molecule has 0 unspecified atom stereocenters. The molecule has 1 saturated carbocycles. The van der Waals surface area contributed by atoms with Crippen molar-refractivity contribution in [1.82, 2.24) is 9.97 Å². The van der Waals surface area contributed by atoms with Crippen LogP contribution in [-0.4, -0.2) is 21.8 Å². The minimum atomic E-state index is -2.74. The normalized spacial score (nSPS) is 15.0. The number of nitrogen functional groups attached to an aromatic ring is 1. The molecule has 3 N–H and O–H groups in total. The van der Waals surface area contributed by atoms with Gasteiger partial charge in [-0.1, -0.05) is 0 Å². The Balaban J connectivity index is 1.70. The highest BCUT2D eigenvalue weighted by atomic mass is 19.3. The average Bonchev–Trinajstić information content (AvgIpc) is 2.68. The third-order valence-electron chi connectivity index (χ3n) is 5.38. The van der Waals surface area contributed by atoms with E-state index in [9.17, 15) is 18.0 Å². The first-order valence-corrected chi connectivity index (χ1v) is 9.33. The fourth-order valence-corrected chi connectivity index (χ4v) is 3.52. The van der Waals surface area contributed by atoms with Crippen LogP contribution in [0.5, 0.6) is 0 Å². The summed E-state index contributed by atoms with van der Waals surface area (Å²) in [5.41, 5.74) is 8.37. The summed E-state index contributed by atoms with van der Waals surface area (Å²) in [7, 11) is 0. The van der Waals surface area contributed by atoms with E-state index in [1.54, 1.807) is 30.6 Å². The van der Waals surface area contributed by atoms with Crippen LogP contribution in [0.1, 0.15) is 25.3 Å². The van der Waals surface area contributed by atoms with E-state index in [1.165, 1.54) is 13.1 Å². The van der Waals surface area contributed by atoms with Gasteiger partial charge in [0.15, 0.2) is 5.82 Å². The van der Waals surface area contributed by atoms with Gasteiger partial charge < -0.3 is 11.1 Å². The minimum absolute atomic E-state index is 0.0499. The predicted molar refractivity (Wildman–Crippen MR) is 110 cm³/mol. The number of amides is 1. The molecule has 2 aromatic heterocycles. The van der Waals surface area contributed by atoms with Gasteiger partial charge in [0.05, 0.1) is 5.69 Å². The van der Waals surface area contributed by atoms with Gasteiger partial charge >= 0.3 is 0 Å². The van der Waals surface area contributed by atoms with Crippen LogP contribution in [0, 0.1) is 12.7 Å². The van der Waals surface area contributed by atoms with Gasteiger partial charge in [-0.3, -0.25) is 9.78 Å². The number of pyridine rings is 2. The Kier molecular flexibility index (Phi) is 4.72. The van der Waals surface area contributed by atoms with Crippen molar-refractivity contribution in [2.45, 2.75) is 32.6 Å². The van der Waals surface area contributed by atoms with Crippen LogP contribution in [0.4, 0.5) is 24.7 Å². The number of alkyl halides is 2. The lowest BCUT2D eigenvalue weighted by molar-refractivity contribution is -0.113. The first-order valence-electron chi connectivity index (χ1n) is 9.33. The van der Waals surface area contributed by atoms with E-state index in [1.807, 2.05) is 6.92 Å². The van der Waals surface area contributed by atoms with Crippen molar-refractivity contribution >= 4 is 28.2 Å². The van der Waals surface area contributed by atoms with Crippen molar-refractivity contribution in [3.63, 3.8) is 0 Å². The molecule has 1 amide bonds. The number of rotatable bonds is 3. The lowest BCUT2D eigenvalue weighted by Crippen LogP contribution is -2.31. The van der Waals surface area contributed by atoms with E-state index >= 15 is 0 Å². The summed E-state index contributed by atoms with van der Waals surface area (Å²) in [6, 6.07) is 4.97. The second-order valence-electron chi connectivity index (χ2n) is 7.53. The molecule has 154 valence electrons. The van der Waals surface area contributed by atoms with E-state index in [4.69, 9.17) is 5.73 Å². The van der Waals surface area contributed by atoms with Crippen molar-refractivity contribution in [2.75, 3.05) is 11.1 Å². The number of allylic oxidation sites excluding steroid dienone is 1. The quantitative estimate of drug-likeness (QED) is 0.468. The number of nitrogens with two attached hydrogens (primary N) is 1. The van der Waals surface area contributed by atoms with Crippen LogP contribution in [-0.2, 0) is 4.79 Å². The zero-order chi connectivity index (χ0) is 21.6. The number of aryl methyl sites for hydroxylation is 1. The van der Waals surface area contributed by atoms with Crippen LogP contribution >= 0.6 is 0 Å². The maximum atomic E-state index is 14.9. The molecule has 8 heteroatoms. The number of hydrogen-bond acceptors (Lipinski definition) is 4. The van der Waals surface area contributed by atoms with Crippen molar-refractivity contribution in [3.8, 4) is 11.1 Å². The largest absolute Gasteiger partial charge is 0.396 e. The number of benzene rings is 1. The molecule has 0 bridgehead atoms. The Morgan fingerprint density at radius 1 is 1.20 bits per heavy atom. The molecule has 0 atom stereocenters. The molecule has 4 rings (SSSR count). The number of anilines is 2. The Morgan fingerprint density at radius 2 is 1.93 bits per heavy atom. The molecule has 0 saturated heterocycles. The van der Waals surface area contributed by atoms with Crippen molar-refractivity contribution in [2.24, 2.45) is 0 Å². The first kappa shape index (κ1) is 19.9. The highest BCUT2D eigenvalue weighted by Crippen LogP contribution is 2.43. The third kappa shape index (κ3) is 3.49. The molecule has 1 aromatic carbocycles. The number of carbonyl (C=O) groups is 1. The van der Waals surface area contributed by atoms with E-state index in [2.05, 4.69) is 15.3 Å². The molecular formula is C22H19F3N4O. The van der Waals surface area contributed by atoms with Gasteiger partial charge in [-0.05, 0) is 48.6 Å². The van der Waals surface area contributed by atoms with Gasteiger partial charge in [-0.15, -0.1) is 0 Å². The summed E-state index contributed by atoms with van der Waals surface area (Å²) >= 11 is 0. The van der Waals surface area contributed by atoms with Crippen molar-refractivity contribution in [3.05, 3.63) is 59.3 Å². The lowest BCUT2D eigenvalue weighted by Gasteiger charge is -2.30. The second-order valence-corrected chi connectivity index (χ2v) is 7.53. The summed E-state index contributed by atoms with van der Waals surface area (Å²) in [6.45, 7) is 3.35. The highest BCUT2D eigenvalue weighted by Gasteiger charge is 2.42. The molecular weight excluding hydrogens is 393 g/mol. The van der Waals surface area contributed by atoms with Gasteiger partial charge in [0.25, 0.3) is 11.8 Å². The third-order valence-corrected chi connectivity index (χ3v) is 5.38. The predicted octanol–water partition coefficient (Wildman–Crippen LogP) is 5.01. The first-order chi connectivity index (χ1) is 14.2. The van der Waals surface area contributed by atoms with Gasteiger partial charge in [0, 0.05) is 53.5 Å². The van der Waals surface area contributed by atoms with E-state index in [0.29, 0.717) is 27.5 Å². The SMILES string of the molecule is CC(C(=O)Nc1cc2cc(-c3cnccc3C)c(F)c(N)c2cn1)=C1CC(F)(F)C1. The number of carbonyl (C=O) groups excluding carboxylic acids is 1. The maximum Gasteiger partial charge on any atom is 0.255 e. The van der Waals surface area contributed by atoms with Crippen LogP contribution in [0.25, 0.3) is 21.9 Å². The van der Waals surface area contributed by atoms with Crippen LogP contribution in [0.2, 0.25) is 0 Å². The number of fused-ring (bicyclic) bond motifs is 1. The zero-order valence-corrected chi connectivity index (χ0v) is 16.4. The van der Waals surface area contributed by atoms with Gasteiger partial charge in [0.2, 0.25) is 0 Å². The standard InChI is InChI=1S/C22H19F3N4O/c1-11-3-4-27-9-16(11)15-5-13-6-18(28-10-17(13)20(26)19(15)23)29-21(30)12(2)14-7-22(24,25)8-14/h3-6,9-10H,7-8,26H2,1-2H3,(H,28,29,30). The Hall–Kier alpha value is -3.42. The topological polar surface area (TPSA) is 80.9 Å². The fraction of sp³-hybridized carbons (Fsp3) is 0.227. The molecule has 1 fully saturated rings. The van der Waals surface area contributed by atoms with E-state index < -0.39 is 30.5 Å². The average molecular weight is 412 g/mol. The molecule has 3 aromatic rings. The molecule has 2 heterocycles. The lowest BCUT2D eigenvalue weighted by atomic mass is 9.84. The number of aromatic nitrogens is 2. The smallest absolute Gasteiger partial charge is 0.255 e. The maximum absolute atomic E-state index is 14.9. The number of halogens is 3. The summed E-state index contributed by atoms with van der Waals surface area (Å²) < 4.78 is 41.0. The molecule has 0 aliphatic heterocycles. The van der Waals surface area contributed by atoms with E-state index in [0.717, 1.165) is 5.56 Å². The molecule has 5 nitrogen and oxygen atoms in total. The summed E-state index contributed by atoms with van der Waals surface area (Å²) in [6.07, 6.45) is 3.76. The van der Waals surface area contributed by atoms with Crippen LogP contribution in [0.15, 0.2) is 47.9 Å². The molecule has 0 radical (unpaired) electrons. The number of nitrogens with zero attached hydrogens (tertiary/aromatic N) is 2. The summed E-state index contributed by atoms with van der Waals surface area (Å²) in [5, 5.41) is 3.60. The Morgan fingerprint density at radius 3 is 2.60 bits per heavy atom. The van der Waals surface area contributed by atoms with Crippen molar-refractivity contribution in [1.29, 1.82) is 0 Å². The second kappa shape index (κ2) is 7.12. The molecule has 30 heavy (non-hydrogen) atoms. The number of hydrogen-bond donors (Lipinski definition) is 2. The number of nitrogens with one attached hydrogen (secondary N) is 1. The van der Waals surface area contributed by atoms with Crippen LogP contribution < -0.4 is 11.1 Å². The van der Waals surface area contributed by atoms with E-state index in [-0.39, 0.29) is 17.1 Å². The van der Waals surface area contributed by atoms with Gasteiger partial charge in [-0.25, -0.2) is 18.2 Å². The monoisotopic (exact) mass is 412 g/mol. The Labute approximate surface area is 170 Å². The summed E-state index contributed by atoms with van der Waals surface area (Å²) in [4.78, 5) is 20.6. The van der Waals surface area contributed by atoms with Crippen LogP contribution in [0.3, 0.4) is 0 Å².